The summed E-state index contributed by atoms with van der Waals surface area (Å²) in [6.07, 6.45) is 2.05. The molecule has 0 bridgehead atoms. The van der Waals surface area contributed by atoms with Gasteiger partial charge < -0.3 is 19.4 Å². The van der Waals surface area contributed by atoms with Gasteiger partial charge in [-0.3, -0.25) is 4.79 Å². The average molecular weight is 549 g/mol. The van der Waals surface area contributed by atoms with Crippen molar-refractivity contribution < 1.29 is 14.3 Å². The van der Waals surface area contributed by atoms with Gasteiger partial charge in [-0.2, -0.15) is 0 Å². The van der Waals surface area contributed by atoms with Crippen LogP contribution in [0.1, 0.15) is 35.7 Å². The Balaban J connectivity index is 0.00000361. The van der Waals surface area contributed by atoms with Crippen molar-refractivity contribution in [3.05, 3.63) is 75.8 Å². The smallest absolute Gasteiger partial charge is 0.251 e. The van der Waals surface area contributed by atoms with Gasteiger partial charge in [0.15, 0.2) is 11.5 Å². The summed E-state index contributed by atoms with van der Waals surface area (Å²) in [6.45, 7) is 3.26. The van der Waals surface area contributed by atoms with Gasteiger partial charge in [0.2, 0.25) is 0 Å². The second kappa shape index (κ2) is 12.3. The number of fused-ring (bicyclic) bond motifs is 1. The number of methoxy groups -OCH3 is 2. The normalized spacial score (nSPS) is 10.7. The van der Waals surface area contributed by atoms with Crippen LogP contribution in [0.2, 0.25) is 10.0 Å². The fraction of sp³-hybridized carbons (Fsp3) is 0.259. The van der Waals surface area contributed by atoms with Crippen molar-refractivity contribution in [3.63, 3.8) is 0 Å². The third-order valence-electron chi connectivity index (χ3n) is 5.85. The molecule has 0 aliphatic rings. The Kier molecular flexibility index (Phi) is 9.49. The van der Waals surface area contributed by atoms with Crippen molar-refractivity contribution >= 4 is 52.5 Å². The Morgan fingerprint density at radius 1 is 1.03 bits per heavy atom. The van der Waals surface area contributed by atoms with Crippen LogP contribution in [0.3, 0.4) is 0 Å². The van der Waals surface area contributed by atoms with E-state index >= 15 is 0 Å². The van der Waals surface area contributed by atoms with Crippen molar-refractivity contribution in [2.75, 3.05) is 14.2 Å². The zero-order valence-electron chi connectivity index (χ0n) is 20.3. The van der Waals surface area contributed by atoms with Crippen LogP contribution in [0.5, 0.6) is 11.5 Å². The van der Waals surface area contributed by atoms with E-state index in [4.69, 9.17) is 37.7 Å². The summed E-state index contributed by atoms with van der Waals surface area (Å²) >= 11 is 12.4. The number of hydrogen-bond donors (Lipinski definition) is 1. The lowest BCUT2D eigenvalue weighted by molar-refractivity contribution is 0.0950. The number of ether oxygens (including phenoxy) is 2. The Labute approximate surface area is 226 Å². The van der Waals surface area contributed by atoms with Crippen molar-refractivity contribution in [1.29, 1.82) is 0 Å². The predicted molar refractivity (Wildman–Crippen MR) is 148 cm³/mol. The molecule has 0 atom stereocenters. The number of para-hydroxylation sites is 1. The molecule has 0 saturated carbocycles. The first-order valence-corrected chi connectivity index (χ1v) is 12.2. The molecule has 4 aromatic rings. The number of unbranched alkanes of at least 4 members (excludes halogenated alkanes) is 1. The van der Waals surface area contributed by atoms with E-state index in [9.17, 15) is 4.79 Å². The van der Waals surface area contributed by atoms with Gasteiger partial charge in [0.25, 0.3) is 5.91 Å². The van der Waals surface area contributed by atoms with Gasteiger partial charge in [-0.05, 0) is 48.9 Å². The highest BCUT2D eigenvalue weighted by Crippen LogP contribution is 2.32. The van der Waals surface area contributed by atoms with Crippen molar-refractivity contribution in [1.82, 2.24) is 14.9 Å². The monoisotopic (exact) mass is 547 g/mol. The molecule has 9 heteroatoms. The number of nitrogens with one attached hydrogen (secondary N) is 1. The maximum Gasteiger partial charge on any atom is 0.251 e. The number of amides is 1. The number of aryl methyl sites for hydroxylation is 1. The molecule has 1 heterocycles. The molecule has 0 aliphatic heterocycles. The van der Waals surface area contributed by atoms with Crippen LogP contribution >= 0.6 is 35.6 Å². The summed E-state index contributed by atoms with van der Waals surface area (Å²) < 4.78 is 13.0. The molecule has 0 aliphatic carbocycles. The maximum absolute atomic E-state index is 13.0. The number of hydrogen-bond acceptors (Lipinski definition) is 4. The molecule has 0 unspecified atom stereocenters. The van der Waals surface area contributed by atoms with Crippen LogP contribution in [-0.2, 0) is 13.1 Å². The van der Waals surface area contributed by atoms with Gasteiger partial charge in [-0.15, -0.1) is 12.4 Å². The molecule has 6 nitrogen and oxygen atoms in total. The van der Waals surface area contributed by atoms with Crippen LogP contribution in [0.25, 0.3) is 22.4 Å². The number of carbonyl (C=O) groups is 1. The van der Waals surface area contributed by atoms with Gasteiger partial charge in [0.1, 0.15) is 5.82 Å². The lowest BCUT2D eigenvalue weighted by Gasteiger charge is -2.13. The average Bonchev–Trinajstić information content (AvgIpc) is 3.24. The third kappa shape index (κ3) is 5.72. The number of imidazole rings is 1. The highest BCUT2D eigenvalue weighted by molar-refractivity contribution is 6.42. The van der Waals surface area contributed by atoms with Gasteiger partial charge in [0.05, 0.1) is 35.3 Å². The number of nitrogens with zero attached hydrogens (tertiary/aromatic N) is 2. The number of halogens is 3. The van der Waals surface area contributed by atoms with E-state index in [1.54, 1.807) is 20.3 Å². The lowest BCUT2D eigenvalue weighted by Crippen LogP contribution is -2.23. The molecular weight excluding hydrogens is 521 g/mol. The predicted octanol–water partition coefficient (Wildman–Crippen LogP) is 7.18. The van der Waals surface area contributed by atoms with Crippen LogP contribution in [-0.4, -0.2) is 29.7 Å². The molecular formula is C27H28Cl3N3O3. The number of aromatic nitrogens is 2. The summed E-state index contributed by atoms with van der Waals surface area (Å²) in [7, 11) is 3.17. The third-order valence-corrected chi connectivity index (χ3v) is 6.59. The summed E-state index contributed by atoms with van der Waals surface area (Å²) in [5.74, 6) is 1.82. The fourth-order valence-electron chi connectivity index (χ4n) is 4.04. The first-order chi connectivity index (χ1) is 17.0. The van der Waals surface area contributed by atoms with Crippen LogP contribution in [0.4, 0.5) is 0 Å². The Morgan fingerprint density at radius 3 is 2.53 bits per heavy atom. The molecule has 4 rings (SSSR count). The van der Waals surface area contributed by atoms with E-state index in [1.807, 2.05) is 48.5 Å². The minimum absolute atomic E-state index is 0. The van der Waals surface area contributed by atoms with Crippen LogP contribution in [0.15, 0.2) is 54.6 Å². The van der Waals surface area contributed by atoms with Crippen LogP contribution < -0.4 is 14.8 Å². The second-order valence-corrected chi connectivity index (χ2v) is 8.92. The Bertz CT molecular complexity index is 1370. The van der Waals surface area contributed by atoms with E-state index in [0.717, 1.165) is 47.4 Å². The summed E-state index contributed by atoms with van der Waals surface area (Å²) in [5, 5.41) is 3.94. The quantitative estimate of drug-likeness (QED) is 0.241. The minimum atomic E-state index is -0.198. The number of rotatable bonds is 9. The number of benzene rings is 3. The van der Waals surface area contributed by atoms with E-state index in [2.05, 4.69) is 16.8 Å². The largest absolute Gasteiger partial charge is 0.493 e. The van der Waals surface area contributed by atoms with E-state index in [0.29, 0.717) is 33.7 Å². The first-order valence-electron chi connectivity index (χ1n) is 11.4. The highest BCUT2D eigenvalue weighted by Gasteiger charge is 2.17. The van der Waals surface area contributed by atoms with E-state index < -0.39 is 0 Å². The Morgan fingerprint density at radius 2 is 1.83 bits per heavy atom. The molecule has 0 spiro atoms. The zero-order valence-corrected chi connectivity index (χ0v) is 22.6. The maximum atomic E-state index is 13.0. The summed E-state index contributed by atoms with van der Waals surface area (Å²) in [4.78, 5) is 17.8. The highest BCUT2D eigenvalue weighted by atomic mass is 35.5. The summed E-state index contributed by atoms with van der Waals surface area (Å²) in [6, 6.07) is 16.7. The second-order valence-electron chi connectivity index (χ2n) is 8.11. The molecule has 1 N–H and O–H groups in total. The van der Waals surface area contributed by atoms with Crippen molar-refractivity contribution in [2.24, 2.45) is 0 Å². The van der Waals surface area contributed by atoms with Gasteiger partial charge in [-0.25, -0.2) is 4.98 Å². The topological polar surface area (TPSA) is 65.4 Å². The molecule has 3 aromatic carbocycles. The molecule has 0 radical (unpaired) electrons. The molecule has 1 amide bonds. The standard InChI is InChI=1S/C27H27Cl2N3O3.ClH/c1-4-5-13-32-23-12-10-18(15-22(23)31-26(32)17-9-11-20(28)21(29)14-17)27(33)30-16-19-7-6-8-24(34-2)25(19)35-3;/h6-12,14-15H,4-5,13,16H2,1-3H3,(H,30,33);1H. The minimum Gasteiger partial charge on any atom is -0.493 e. The van der Waals surface area contributed by atoms with Gasteiger partial charge in [-0.1, -0.05) is 48.7 Å². The lowest BCUT2D eigenvalue weighted by atomic mass is 10.1. The van der Waals surface area contributed by atoms with E-state index in [1.165, 1.54) is 0 Å². The van der Waals surface area contributed by atoms with E-state index in [-0.39, 0.29) is 18.3 Å². The fourth-order valence-corrected chi connectivity index (χ4v) is 4.34. The molecule has 36 heavy (non-hydrogen) atoms. The first kappa shape index (κ1) is 27.7. The number of carbonyl (C=O) groups excluding carboxylic acids is 1. The Hall–Kier alpha value is -2.93. The van der Waals surface area contributed by atoms with Gasteiger partial charge >= 0.3 is 0 Å². The SMILES string of the molecule is CCCCn1c(-c2ccc(Cl)c(Cl)c2)nc2cc(C(=O)NCc3cccc(OC)c3OC)ccc21.Cl. The zero-order chi connectivity index (χ0) is 24.9. The molecule has 0 fully saturated rings. The van der Waals surface area contributed by atoms with Crippen molar-refractivity contribution in [2.45, 2.75) is 32.9 Å². The van der Waals surface area contributed by atoms with Crippen LogP contribution in [0, 0.1) is 0 Å². The molecule has 190 valence electrons. The van der Waals surface area contributed by atoms with Crippen molar-refractivity contribution in [3.8, 4) is 22.9 Å². The molecule has 1 aromatic heterocycles. The molecule has 0 saturated heterocycles. The van der Waals surface area contributed by atoms with Gasteiger partial charge in [0, 0.05) is 29.8 Å². The summed E-state index contributed by atoms with van der Waals surface area (Å²) in [5.41, 5.74) is 3.94.